The molecule has 0 bridgehead atoms. The average molecular weight is 702 g/mol. The quantitative estimate of drug-likeness (QED) is 0.151. The van der Waals surface area contributed by atoms with E-state index in [1.54, 1.807) is 43.1 Å². The third kappa shape index (κ3) is 6.37. The third-order valence-corrected chi connectivity index (χ3v) is 9.42. The second-order valence-electron chi connectivity index (χ2n) is 12.4. The molecule has 1 amide bonds. The number of ether oxygens (including phenoxy) is 5. The van der Waals surface area contributed by atoms with Gasteiger partial charge < -0.3 is 34.1 Å². The standard InChI is InChI=1S/C40H39N5O7/c1-25(52-40(27-13-9-6-10-14-27,28-15-19-30(48-2)20-16-28)29-17-21-31(49-3)22-18-29)34-33(46)35(50-4)39(51-34)45-24-43-32-36(41-23-42-37(32)45)44-38(47)26-11-7-5-8-12-26/h5-25,33-35,39,46H,1-4H3,(H,41,42,44,47)/t25-,33+,34?,35+,39+/m0/s1. The first-order valence-electron chi connectivity index (χ1n) is 16.8. The smallest absolute Gasteiger partial charge is 0.256 e. The van der Waals surface area contributed by atoms with Crippen LogP contribution in [0.4, 0.5) is 5.82 Å². The van der Waals surface area contributed by atoms with Gasteiger partial charge in [-0.2, -0.15) is 0 Å². The van der Waals surface area contributed by atoms with Crippen molar-refractivity contribution in [3.63, 3.8) is 0 Å². The van der Waals surface area contributed by atoms with Crippen LogP contribution in [0, 0.1) is 0 Å². The lowest BCUT2D eigenvalue weighted by molar-refractivity contribution is -0.136. The molecule has 1 fully saturated rings. The average Bonchev–Trinajstić information content (AvgIpc) is 3.78. The Morgan fingerprint density at radius 3 is 1.96 bits per heavy atom. The van der Waals surface area contributed by atoms with Crippen molar-refractivity contribution in [1.82, 2.24) is 19.5 Å². The number of carbonyl (C=O) groups is 1. The topological polar surface area (TPSA) is 139 Å². The van der Waals surface area contributed by atoms with Gasteiger partial charge in [0.2, 0.25) is 0 Å². The van der Waals surface area contributed by atoms with Gasteiger partial charge in [0.1, 0.15) is 41.7 Å². The third-order valence-electron chi connectivity index (χ3n) is 9.42. The van der Waals surface area contributed by atoms with Crippen molar-refractivity contribution in [3.8, 4) is 11.5 Å². The highest BCUT2D eigenvalue weighted by molar-refractivity contribution is 6.06. The molecule has 266 valence electrons. The summed E-state index contributed by atoms with van der Waals surface area (Å²) in [6, 6.07) is 34.2. The number of aliphatic hydroxyl groups is 1. The minimum atomic E-state index is -1.15. The van der Waals surface area contributed by atoms with E-state index in [1.807, 2.05) is 91.9 Å². The van der Waals surface area contributed by atoms with E-state index in [9.17, 15) is 9.90 Å². The van der Waals surface area contributed by atoms with Crippen molar-refractivity contribution in [1.29, 1.82) is 0 Å². The summed E-state index contributed by atoms with van der Waals surface area (Å²) in [4.78, 5) is 26.2. The molecule has 1 saturated heterocycles. The van der Waals surface area contributed by atoms with Gasteiger partial charge in [0.15, 0.2) is 23.2 Å². The van der Waals surface area contributed by atoms with Gasteiger partial charge in [0.25, 0.3) is 5.91 Å². The summed E-state index contributed by atoms with van der Waals surface area (Å²) in [5, 5.41) is 14.6. The highest BCUT2D eigenvalue weighted by Crippen LogP contribution is 2.45. The fourth-order valence-electron chi connectivity index (χ4n) is 6.82. The monoisotopic (exact) mass is 701 g/mol. The first-order chi connectivity index (χ1) is 25.4. The van der Waals surface area contributed by atoms with Crippen LogP contribution in [0.25, 0.3) is 11.2 Å². The molecule has 2 N–H and O–H groups in total. The van der Waals surface area contributed by atoms with E-state index in [4.69, 9.17) is 23.7 Å². The highest BCUT2D eigenvalue weighted by Gasteiger charge is 2.50. The van der Waals surface area contributed by atoms with Crippen LogP contribution in [0.15, 0.2) is 122 Å². The number of hydrogen-bond donors (Lipinski definition) is 2. The van der Waals surface area contributed by atoms with Crippen LogP contribution in [-0.4, -0.2) is 76.3 Å². The van der Waals surface area contributed by atoms with Crippen molar-refractivity contribution in [3.05, 3.63) is 144 Å². The Bertz CT molecular complexity index is 2060. The van der Waals surface area contributed by atoms with Gasteiger partial charge in [-0.05, 0) is 60.0 Å². The molecule has 7 rings (SSSR count). The molecule has 2 aromatic heterocycles. The summed E-state index contributed by atoms with van der Waals surface area (Å²) >= 11 is 0. The van der Waals surface area contributed by atoms with Gasteiger partial charge in [0.05, 0.1) is 26.7 Å². The fourth-order valence-corrected chi connectivity index (χ4v) is 6.82. The van der Waals surface area contributed by atoms with E-state index >= 15 is 0 Å². The number of carbonyl (C=O) groups excluding carboxylic acids is 1. The van der Waals surface area contributed by atoms with Crippen LogP contribution in [0.5, 0.6) is 11.5 Å². The van der Waals surface area contributed by atoms with E-state index in [0.717, 1.165) is 16.7 Å². The van der Waals surface area contributed by atoms with Crippen LogP contribution in [0.1, 0.15) is 40.2 Å². The number of aliphatic hydroxyl groups excluding tert-OH is 1. The number of methoxy groups -OCH3 is 3. The molecule has 1 aliphatic rings. The van der Waals surface area contributed by atoms with Gasteiger partial charge in [-0.15, -0.1) is 0 Å². The predicted octanol–water partition coefficient (Wildman–Crippen LogP) is 5.77. The molecule has 12 heteroatoms. The Balaban J connectivity index is 1.24. The zero-order valence-electron chi connectivity index (χ0n) is 29.1. The number of aromatic nitrogens is 4. The maximum atomic E-state index is 13.0. The summed E-state index contributed by atoms with van der Waals surface area (Å²) in [6.45, 7) is 1.87. The van der Waals surface area contributed by atoms with E-state index in [0.29, 0.717) is 28.2 Å². The first-order valence-corrected chi connectivity index (χ1v) is 16.8. The first kappa shape index (κ1) is 34.8. The molecule has 5 atom stereocenters. The van der Waals surface area contributed by atoms with Crippen molar-refractivity contribution >= 4 is 22.9 Å². The van der Waals surface area contributed by atoms with Crippen LogP contribution in [-0.2, 0) is 19.8 Å². The van der Waals surface area contributed by atoms with Gasteiger partial charge in [-0.25, -0.2) is 15.0 Å². The maximum absolute atomic E-state index is 13.0. The van der Waals surface area contributed by atoms with E-state index in [2.05, 4.69) is 20.3 Å². The molecular weight excluding hydrogens is 662 g/mol. The van der Waals surface area contributed by atoms with Gasteiger partial charge in [-0.3, -0.25) is 9.36 Å². The Labute approximate surface area is 301 Å². The Morgan fingerprint density at radius 2 is 1.38 bits per heavy atom. The molecular formula is C40H39N5O7. The van der Waals surface area contributed by atoms with Gasteiger partial charge in [0, 0.05) is 12.7 Å². The number of imidazole rings is 1. The normalized spacial score (nSPS) is 19.3. The van der Waals surface area contributed by atoms with E-state index < -0.39 is 36.2 Å². The Morgan fingerprint density at radius 1 is 0.808 bits per heavy atom. The largest absolute Gasteiger partial charge is 0.497 e. The molecule has 0 aliphatic carbocycles. The molecule has 4 aromatic carbocycles. The second kappa shape index (κ2) is 14.9. The highest BCUT2D eigenvalue weighted by atomic mass is 16.6. The summed E-state index contributed by atoms with van der Waals surface area (Å²) in [6.07, 6.45) is -1.45. The van der Waals surface area contributed by atoms with Crippen molar-refractivity contribution < 1.29 is 33.6 Å². The number of nitrogens with zero attached hydrogens (tertiary/aromatic N) is 4. The zero-order chi connectivity index (χ0) is 36.2. The molecule has 12 nitrogen and oxygen atoms in total. The summed E-state index contributed by atoms with van der Waals surface area (Å²) in [5.74, 6) is 1.31. The van der Waals surface area contributed by atoms with E-state index in [-0.39, 0.29) is 11.7 Å². The van der Waals surface area contributed by atoms with E-state index in [1.165, 1.54) is 19.8 Å². The van der Waals surface area contributed by atoms with Gasteiger partial charge in [-0.1, -0.05) is 72.8 Å². The number of rotatable bonds is 12. The molecule has 0 radical (unpaired) electrons. The lowest BCUT2D eigenvalue weighted by Gasteiger charge is -2.40. The second-order valence-corrected chi connectivity index (χ2v) is 12.4. The molecule has 1 aliphatic heterocycles. The lowest BCUT2D eigenvalue weighted by Crippen LogP contribution is -2.45. The number of benzene rings is 4. The summed E-state index contributed by atoms with van der Waals surface area (Å²) < 4.78 is 32.4. The molecule has 3 heterocycles. The lowest BCUT2D eigenvalue weighted by atomic mass is 9.79. The van der Waals surface area contributed by atoms with Crippen molar-refractivity contribution in [2.24, 2.45) is 0 Å². The van der Waals surface area contributed by atoms with Crippen LogP contribution in [0.3, 0.4) is 0 Å². The number of fused-ring (bicyclic) bond motifs is 1. The van der Waals surface area contributed by atoms with Gasteiger partial charge >= 0.3 is 0 Å². The minimum absolute atomic E-state index is 0.241. The maximum Gasteiger partial charge on any atom is 0.256 e. The zero-order valence-corrected chi connectivity index (χ0v) is 29.1. The molecule has 6 aromatic rings. The molecule has 1 unspecified atom stereocenters. The van der Waals surface area contributed by atoms with Crippen molar-refractivity contribution in [2.75, 3.05) is 26.6 Å². The number of amides is 1. The van der Waals surface area contributed by atoms with Crippen LogP contribution < -0.4 is 14.8 Å². The molecule has 0 saturated carbocycles. The molecule has 52 heavy (non-hydrogen) atoms. The SMILES string of the molecule is COc1ccc(C(O[C@@H](C)C2O[C@@H](n3cnc4c(NC(=O)c5ccccc5)ncnc43)[C@H](OC)[C@@H]2O)(c2ccccc2)c2ccc(OC)cc2)cc1. The van der Waals surface area contributed by atoms with Crippen molar-refractivity contribution in [2.45, 2.75) is 43.2 Å². The molecule has 0 spiro atoms. The predicted molar refractivity (Wildman–Crippen MR) is 193 cm³/mol. The van der Waals surface area contributed by atoms with Crippen LogP contribution >= 0.6 is 0 Å². The fraction of sp³-hybridized carbons (Fsp3) is 0.250. The van der Waals surface area contributed by atoms with Crippen LogP contribution in [0.2, 0.25) is 0 Å². The Kier molecular flexibility index (Phi) is 9.97. The number of nitrogens with one attached hydrogen (secondary N) is 1. The summed E-state index contributed by atoms with van der Waals surface area (Å²) in [5.41, 5.74) is 2.62. The summed E-state index contributed by atoms with van der Waals surface area (Å²) in [7, 11) is 4.76. The number of hydrogen-bond acceptors (Lipinski definition) is 10. The number of anilines is 1. The Hall–Kier alpha value is -5.66. The minimum Gasteiger partial charge on any atom is -0.497 e.